The quantitative estimate of drug-likeness (QED) is 0.0400. The molecule has 15 atom stereocenters. The molecule has 0 saturated heterocycles. The number of ether oxygens (including phenoxy) is 7. The second kappa shape index (κ2) is 48.8. The van der Waals surface area contributed by atoms with Crippen LogP contribution < -0.4 is 18.9 Å². The molecule has 0 spiro atoms. The molecule has 9 heteroatoms. The lowest BCUT2D eigenvalue weighted by Gasteiger charge is -2.58. The topological polar surface area (TPSA) is 105 Å². The van der Waals surface area contributed by atoms with E-state index in [0.29, 0.717) is 71.2 Å². The molecule has 6 aromatic rings. The number of benzene rings is 6. The van der Waals surface area contributed by atoms with Crippen LogP contribution in [0.2, 0.25) is 0 Å². The summed E-state index contributed by atoms with van der Waals surface area (Å²) in [5, 5.41) is 18.0. The Morgan fingerprint density at radius 2 is 0.656 bits per heavy atom. The molecule has 9 saturated carbocycles. The van der Waals surface area contributed by atoms with Gasteiger partial charge in [0.05, 0.1) is 18.3 Å². The number of hydrogen-bond acceptors (Lipinski definition) is 9. The number of phenolic OH excluding ortho intramolecular Hbond substituents is 2. The van der Waals surface area contributed by atoms with Crippen LogP contribution in [0.4, 0.5) is 0 Å². The second-order valence-electron chi connectivity index (χ2n) is 42.7. The van der Waals surface area contributed by atoms with Crippen molar-refractivity contribution >= 4 is 0 Å². The van der Waals surface area contributed by atoms with Crippen molar-refractivity contribution in [2.24, 2.45) is 69.5 Å². The van der Waals surface area contributed by atoms with E-state index in [1.54, 1.807) is 24.3 Å². The van der Waals surface area contributed by atoms with Gasteiger partial charge in [0.15, 0.2) is 0 Å². The number of aromatic hydroxyl groups is 2. The number of hydrogen-bond donors (Lipinski definition) is 2. The van der Waals surface area contributed by atoms with Crippen LogP contribution in [0, 0.1) is 69.5 Å². The Morgan fingerprint density at radius 1 is 0.344 bits per heavy atom. The SMILES string of the molecule is CCC(C)c1ccc(O)cc1.CCC(C)c1ccc(O)cc1.CCC(C)c1ccc(OC(CC(C)(C)C)OC2CCCCC2)cc1.CCC(C)c1ccc(OC(CC(C)(C)C)OC2CCCCC2)cc1.CCC(C)c1ccc(OC(CC2CC3CC2C2CCCC32)C(C)C)cc1.CCC(C)c1ccc(OC(OC(C)C)C23CC4CC(CC(C4)C2)C3)cc1. The van der Waals surface area contributed by atoms with Gasteiger partial charge in [0.25, 0.3) is 0 Å². The summed E-state index contributed by atoms with van der Waals surface area (Å²) >= 11 is 0. The average Bonchev–Trinajstić information content (AvgIpc) is 1.10. The molecule has 680 valence electrons. The summed E-state index contributed by atoms with van der Waals surface area (Å²) < 4.78 is 44.7. The highest BCUT2D eigenvalue weighted by molar-refractivity contribution is 5.34. The van der Waals surface area contributed by atoms with Gasteiger partial charge in [0.2, 0.25) is 18.9 Å². The van der Waals surface area contributed by atoms with Crippen molar-refractivity contribution in [3.63, 3.8) is 0 Å². The summed E-state index contributed by atoms with van der Waals surface area (Å²) in [4.78, 5) is 0. The Morgan fingerprint density at radius 3 is 0.967 bits per heavy atom. The Kier molecular flexibility index (Phi) is 39.9. The molecule has 0 amide bonds. The van der Waals surface area contributed by atoms with Crippen LogP contribution in [0.3, 0.4) is 0 Å². The fourth-order valence-electron chi connectivity index (χ4n) is 21.4. The molecule has 2 N–H and O–H groups in total. The first-order chi connectivity index (χ1) is 58.2. The summed E-state index contributed by atoms with van der Waals surface area (Å²) in [6, 6.07) is 49.7. The summed E-state index contributed by atoms with van der Waals surface area (Å²) in [6.45, 7) is 49.2. The van der Waals surface area contributed by atoms with Gasteiger partial charge in [-0.2, -0.15) is 0 Å². The van der Waals surface area contributed by atoms with Gasteiger partial charge < -0.3 is 43.4 Å². The van der Waals surface area contributed by atoms with Crippen molar-refractivity contribution in [2.45, 2.75) is 424 Å². The van der Waals surface area contributed by atoms with E-state index in [0.717, 1.165) is 109 Å². The van der Waals surface area contributed by atoms with Crippen LogP contribution in [-0.4, -0.2) is 53.5 Å². The highest BCUT2D eigenvalue weighted by Gasteiger charge is 2.57. The molecule has 9 nitrogen and oxygen atoms in total. The van der Waals surface area contributed by atoms with Gasteiger partial charge in [0, 0.05) is 18.3 Å². The molecule has 6 aromatic carbocycles. The fraction of sp³-hybridized carbons (Fsp3) is 0.681. The Labute approximate surface area is 745 Å². The lowest BCUT2D eigenvalue weighted by atomic mass is 9.49. The zero-order valence-electron chi connectivity index (χ0n) is 81.0. The minimum Gasteiger partial charge on any atom is -0.508 e. The van der Waals surface area contributed by atoms with Gasteiger partial charge in [-0.1, -0.05) is 256 Å². The maximum atomic E-state index is 9.01. The number of rotatable bonds is 32. The smallest absolute Gasteiger partial charge is 0.205 e. The molecule has 0 aromatic heterocycles. The minimum absolute atomic E-state index is 0.0923. The van der Waals surface area contributed by atoms with E-state index in [1.807, 2.05) is 24.3 Å². The lowest BCUT2D eigenvalue weighted by molar-refractivity contribution is -0.227. The molecule has 15 rings (SSSR count). The van der Waals surface area contributed by atoms with E-state index < -0.39 is 0 Å². The third-order valence-electron chi connectivity index (χ3n) is 29.6. The van der Waals surface area contributed by atoms with Crippen LogP contribution in [0.15, 0.2) is 146 Å². The van der Waals surface area contributed by atoms with E-state index in [-0.39, 0.29) is 41.2 Å². The summed E-state index contributed by atoms with van der Waals surface area (Å²) in [7, 11) is 0. The van der Waals surface area contributed by atoms with Crippen LogP contribution in [-0.2, 0) is 14.2 Å². The first-order valence-electron chi connectivity index (χ1n) is 49.9. The molecule has 0 heterocycles. The third-order valence-corrected chi connectivity index (χ3v) is 29.6. The number of fused-ring (bicyclic) bond motifs is 5. The van der Waals surface area contributed by atoms with Crippen molar-refractivity contribution in [3.05, 3.63) is 179 Å². The monoisotopic (exact) mass is 1680 g/mol. The summed E-state index contributed by atoms with van der Waals surface area (Å²) in [6.07, 6.45) is 39.4. The minimum atomic E-state index is -0.150. The van der Waals surface area contributed by atoms with E-state index in [2.05, 4.69) is 249 Å². The molecule has 6 bridgehead atoms. The number of phenols is 2. The average molecular weight is 1680 g/mol. The lowest BCUT2D eigenvalue weighted by Crippen LogP contribution is -2.54. The van der Waals surface area contributed by atoms with E-state index in [4.69, 9.17) is 43.4 Å². The van der Waals surface area contributed by atoms with Crippen molar-refractivity contribution < 1.29 is 43.4 Å². The predicted octanol–water partition coefficient (Wildman–Crippen LogP) is 32.8. The highest BCUT2D eigenvalue weighted by atomic mass is 16.7. The molecular weight excluding hydrogens is 1500 g/mol. The van der Waals surface area contributed by atoms with Gasteiger partial charge >= 0.3 is 0 Å². The molecule has 15 unspecified atom stereocenters. The van der Waals surface area contributed by atoms with Gasteiger partial charge in [-0.3, -0.25) is 0 Å². The fourth-order valence-corrected chi connectivity index (χ4v) is 21.4. The first-order valence-corrected chi connectivity index (χ1v) is 49.9. The zero-order valence-corrected chi connectivity index (χ0v) is 81.0. The largest absolute Gasteiger partial charge is 0.508 e. The molecule has 122 heavy (non-hydrogen) atoms. The van der Waals surface area contributed by atoms with Gasteiger partial charge in [0.1, 0.15) is 40.6 Å². The standard InChI is InChI=1S/C25H38O.C24H36O2.2C22H36O2.2C10H14O/c1-5-17(4)18-9-11-21(12-10-18)26-25(16(2)3)15-20-13-19-14-24(20)23-8-6-7-22(19)23;1-5-17(4)21-6-8-22(9-7-21)26-23(25-16(2)3)24-13-18-10-19(14-24)12-20(11-18)15-24;2*1-6-17(2)18-12-14-20(15-13-18)24-21(16-22(3,4)5)23-19-10-8-7-9-11-19;2*1-3-8(2)9-4-6-10(11)7-5-9/h9-12,16-17,19-20,22-25H,5-8,13-15H2,1-4H3;6-9,16-20,23H,5,10-15H2,1-4H3;2*12-15,17,19,21H,6-11,16H2,1-5H3;2*4-8,11H,3H2,1-2H3. The van der Waals surface area contributed by atoms with Gasteiger partial charge in [-0.25, -0.2) is 0 Å². The molecule has 9 aliphatic carbocycles. The van der Waals surface area contributed by atoms with E-state index in [1.165, 1.54) is 187 Å². The highest BCUT2D eigenvalue weighted by Crippen LogP contribution is 2.63. The Balaban J connectivity index is 0.000000171. The summed E-state index contributed by atoms with van der Waals surface area (Å²) in [5.74, 6) is 16.7. The van der Waals surface area contributed by atoms with E-state index >= 15 is 0 Å². The Hall–Kier alpha value is -6.00. The zero-order chi connectivity index (χ0) is 88.3. The molecule has 0 radical (unpaired) electrons. The van der Waals surface area contributed by atoms with Crippen molar-refractivity contribution in [1.82, 2.24) is 0 Å². The van der Waals surface area contributed by atoms with Crippen molar-refractivity contribution in [1.29, 1.82) is 0 Å². The molecular formula is C113H174O9. The van der Waals surface area contributed by atoms with Crippen LogP contribution in [0.1, 0.15) is 414 Å². The Bertz CT molecular complexity index is 3640. The van der Waals surface area contributed by atoms with Crippen LogP contribution in [0.25, 0.3) is 0 Å². The molecule has 9 aliphatic rings. The maximum Gasteiger partial charge on any atom is 0.205 e. The van der Waals surface area contributed by atoms with Crippen LogP contribution >= 0.6 is 0 Å². The van der Waals surface area contributed by atoms with Gasteiger partial charge in [-0.15, -0.1) is 0 Å². The normalized spacial score (nSPS) is 24.7. The maximum absolute atomic E-state index is 9.01. The summed E-state index contributed by atoms with van der Waals surface area (Å²) in [5.41, 5.74) is 8.81. The molecule has 0 aliphatic heterocycles. The van der Waals surface area contributed by atoms with E-state index in [9.17, 15) is 0 Å². The van der Waals surface area contributed by atoms with Gasteiger partial charge in [-0.05, 0) is 354 Å². The predicted molar refractivity (Wildman–Crippen MR) is 513 cm³/mol. The van der Waals surface area contributed by atoms with Crippen LogP contribution in [0.5, 0.6) is 34.5 Å². The third kappa shape index (κ3) is 31.5. The molecule has 9 fully saturated rings. The van der Waals surface area contributed by atoms with Crippen molar-refractivity contribution in [3.8, 4) is 34.5 Å². The second-order valence-corrected chi connectivity index (χ2v) is 42.7. The first kappa shape index (κ1) is 99.8. The van der Waals surface area contributed by atoms with Crippen molar-refractivity contribution in [2.75, 3.05) is 0 Å².